The Morgan fingerprint density at radius 1 is 1.41 bits per heavy atom. The molecule has 0 aromatic carbocycles. The standard InChI is InChI=1S/C13H24ClNO2/c1-3-4-5-6-7-13(16)15-9-12(8-14)17-10-11(15)2/h11-12H,3-10H2,1-2H3. The van der Waals surface area contributed by atoms with Crippen LogP contribution < -0.4 is 0 Å². The second-order valence-electron chi connectivity index (χ2n) is 4.82. The minimum atomic E-state index is 0.00691. The number of carbonyl (C=O) groups excluding carboxylic acids is 1. The van der Waals surface area contributed by atoms with Crippen molar-refractivity contribution in [2.75, 3.05) is 19.0 Å². The quantitative estimate of drug-likeness (QED) is 0.544. The monoisotopic (exact) mass is 261 g/mol. The van der Waals surface area contributed by atoms with Crippen LogP contribution in [-0.4, -0.2) is 42.0 Å². The summed E-state index contributed by atoms with van der Waals surface area (Å²) >= 11 is 5.78. The first-order valence-electron chi connectivity index (χ1n) is 6.66. The molecule has 2 atom stereocenters. The van der Waals surface area contributed by atoms with Gasteiger partial charge in [0.25, 0.3) is 0 Å². The van der Waals surface area contributed by atoms with Crippen LogP contribution in [0.2, 0.25) is 0 Å². The lowest BCUT2D eigenvalue weighted by molar-refractivity contribution is -0.143. The molecule has 1 aliphatic heterocycles. The molecular formula is C13H24ClNO2. The highest BCUT2D eigenvalue weighted by molar-refractivity contribution is 6.18. The van der Waals surface area contributed by atoms with E-state index in [1.165, 1.54) is 12.8 Å². The van der Waals surface area contributed by atoms with Gasteiger partial charge in [0.1, 0.15) is 0 Å². The van der Waals surface area contributed by atoms with Crippen molar-refractivity contribution in [3.8, 4) is 0 Å². The normalized spacial score (nSPS) is 25.0. The maximum Gasteiger partial charge on any atom is 0.222 e. The molecular weight excluding hydrogens is 238 g/mol. The highest BCUT2D eigenvalue weighted by atomic mass is 35.5. The summed E-state index contributed by atoms with van der Waals surface area (Å²) in [5.74, 6) is 0.721. The van der Waals surface area contributed by atoms with Gasteiger partial charge in [-0.3, -0.25) is 4.79 Å². The van der Waals surface area contributed by atoms with E-state index < -0.39 is 0 Å². The summed E-state index contributed by atoms with van der Waals surface area (Å²) in [6.45, 7) is 5.47. The van der Waals surface area contributed by atoms with Crippen molar-refractivity contribution in [3.05, 3.63) is 0 Å². The topological polar surface area (TPSA) is 29.5 Å². The van der Waals surface area contributed by atoms with Gasteiger partial charge < -0.3 is 9.64 Å². The fraction of sp³-hybridized carbons (Fsp3) is 0.923. The van der Waals surface area contributed by atoms with Gasteiger partial charge in [-0.05, 0) is 13.3 Å². The molecule has 4 heteroatoms. The van der Waals surface area contributed by atoms with Gasteiger partial charge in [-0.15, -0.1) is 11.6 Å². The van der Waals surface area contributed by atoms with E-state index in [0.717, 1.165) is 12.8 Å². The van der Waals surface area contributed by atoms with Crippen molar-refractivity contribution in [3.63, 3.8) is 0 Å². The summed E-state index contributed by atoms with van der Waals surface area (Å²) in [6, 6.07) is 0.188. The first-order chi connectivity index (χ1) is 8.19. The highest BCUT2D eigenvalue weighted by Gasteiger charge is 2.28. The molecule has 0 N–H and O–H groups in total. The molecule has 1 saturated heterocycles. The second-order valence-corrected chi connectivity index (χ2v) is 5.12. The maximum absolute atomic E-state index is 12.1. The van der Waals surface area contributed by atoms with Gasteiger partial charge in [-0.1, -0.05) is 26.2 Å². The summed E-state index contributed by atoms with van der Waals surface area (Å²) in [4.78, 5) is 14.0. The van der Waals surface area contributed by atoms with E-state index >= 15 is 0 Å². The molecule has 2 unspecified atom stereocenters. The van der Waals surface area contributed by atoms with Crippen molar-refractivity contribution in [2.24, 2.45) is 0 Å². The van der Waals surface area contributed by atoms with Crippen LogP contribution in [0.15, 0.2) is 0 Å². The van der Waals surface area contributed by atoms with Crippen LogP contribution >= 0.6 is 11.6 Å². The second kappa shape index (κ2) is 7.93. The van der Waals surface area contributed by atoms with Crippen LogP contribution in [0.3, 0.4) is 0 Å². The number of halogens is 1. The summed E-state index contributed by atoms with van der Waals surface area (Å²) in [5, 5.41) is 0. The molecule has 1 heterocycles. The van der Waals surface area contributed by atoms with Gasteiger partial charge in [0, 0.05) is 13.0 Å². The predicted molar refractivity (Wildman–Crippen MR) is 70.4 cm³/mol. The molecule has 0 saturated carbocycles. The Morgan fingerprint density at radius 2 is 2.18 bits per heavy atom. The average molecular weight is 262 g/mol. The molecule has 3 nitrogen and oxygen atoms in total. The van der Waals surface area contributed by atoms with Crippen LogP contribution in [0.5, 0.6) is 0 Å². The number of carbonyl (C=O) groups is 1. The van der Waals surface area contributed by atoms with E-state index in [1.54, 1.807) is 0 Å². The fourth-order valence-electron chi connectivity index (χ4n) is 2.10. The molecule has 1 rings (SSSR count). The van der Waals surface area contributed by atoms with Crippen LogP contribution in [0.4, 0.5) is 0 Å². The van der Waals surface area contributed by atoms with E-state index in [9.17, 15) is 4.79 Å². The predicted octanol–water partition coefficient (Wildman–Crippen LogP) is 2.81. The van der Waals surface area contributed by atoms with E-state index in [0.29, 0.717) is 25.5 Å². The van der Waals surface area contributed by atoms with Crippen molar-refractivity contribution >= 4 is 17.5 Å². The summed E-state index contributed by atoms with van der Waals surface area (Å²) in [6.07, 6.45) is 5.25. The van der Waals surface area contributed by atoms with Gasteiger partial charge in [0.2, 0.25) is 5.91 Å². The third-order valence-electron chi connectivity index (χ3n) is 3.24. The molecule has 0 bridgehead atoms. The minimum Gasteiger partial charge on any atom is -0.373 e. The Kier molecular flexibility index (Phi) is 6.90. The summed E-state index contributed by atoms with van der Waals surface area (Å²) < 4.78 is 5.54. The molecule has 0 aliphatic carbocycles. The molecule has 0 spiro atoms. The molecule has 1 aliphatic rings. The van der Waals surface area contributed by atoms with Crippen LogP contribution in [0.25, 0.3) is 0 Å². The third kappa shape index (κ3) is 4.84. The molecule has 0 aromatic heterocycles. The van der Waals surface area contributed by atoms with Crippen molar-refractivity contribution < 1.29 is 9.53 Å². The number of hydrogen-bond acceptors (Lipinski definition) is 2. The van der Waals surface area contributed by atoms with Gasteiger partial charge in [0.15, 0.2) is 0 Å². The van der Waals surface area contributed by atoms with Crippen LogP contribution in [-0.2, 0) is 9.53 Å². The molecule has 1 amide bonds. The van der Waals surface area contributed by atoms with Gasteiger partial charge in [-0.25, -0.2) is 0 Å². The van der Waals surface area contributed by atoms with Crippen molar-refractivity contribution in [1.82, 2.24) is 4.90 Å². The van der Waals surface area contributed by atoms with E-state index in [4.69, 9.17) is 16.3 Å². The lowest BCUT2D eigenvalue weighted by Crippen LogP contribution is -2.51. The number of amides is 1. The SMILES string of the molecule is CCCCCCC(=O)N1CC(CCl)OCC1C. The van der Waals surface area contributed by atoms with E-state index in [2.05, 4.69) is 6.92 Å². The molecule has 100 valence electrons. The zero-order valence-corrected chi connectivity index (χ0v) is 11.7. The molecule has 0 aromatic rings. The Bertz CT molecular complexity index is 235. The Hall–Kier alpha value is -0.280. The number of rotatable bonds is 6. The molecule has 17 heavy (non-hydrogen) atoms. The minimum absolute atomic E-state index is 0.00691. The lowest BCUT2D eigenvalue weighted by atomic mass is 10.1. The zero-order valence-electron chi connectivity index (χ0n) is 11.0. The summed E-state index contributed by atoms with van der Waals surface area (Å²) in [5.41, 5.74) is 0. The summed E-state index contributed by atoms with van der Waals surface area (Å²) in [7, 11) is 0. The van der Waals surface area contributed by atoms with Crippen molar-refractivity contribution in [1.29, 1.82) is 0 Å². The number of unbranched alkanes of at least 4 members (excludes halogenated alkanes) is 3. The van der Waals surface area contributed by atoms with Crippen LogP contribution in [0.1, 0.15) is 46.0 Å². The molecule has 1 fully saturated rings. The number of ether oxygens (including phenoxy) is 1. The Labute approximate surface area is 109 Å². The molecule has 0 radical (unpaired) electrons. The Morgan fingerprint density at radius 3 is 2.82 bits per heavy atom. The van der Waals surface area contributed by atoms with Crippen LogP contribution in [0, 0.1) is 0 Å². The fourth-order valence-corrected chi connectivity index (χ4v) is 2.29. The highest BCUT2D eigenvalue weighted by Crippen LogP contribution is 2.15. The Balaban J connectivity index is 2.32. The number of alkyl halides is 1. The first-order valence-corrected chi connectivity index (χ1v) is 7.19. The maximum atomic E-state index is 12.1. The first kappa shape index (κ1) is 14.8. The third-order valence-corrected chi connectivity index (χ3v) is 3.59. The number of nitrogens with zero attached hydrogens (tertiary/aromatic N) is 1. The van der Waals surface area contributed by atoms with Gasteiger partial charge >= 0.3 is 0 Å². The smallest absolute Gasteiger partial charge is 0.222 e. The van der Waals surface area contributed by atoms with Gasteiger partial charge in [0.05, 0.1) is 24.6 Å². The average Bonchev–Trinajstić information content (AvgIpc) is 2.35. The largest absolute Gasteiger partial charge is 0.373 e. The number of morpholine rings is 1. The van der Waals surface area contributed by atoms with E-state index in [-0.39, 0.29) is 18.1 Å². The lowest BCUT2D eigenvalue weighted by Gasteiger charge is -2.37. The van der Waals surface area contributed by atoms with Crippen molar-refractivity contribution in [2.45, 2.75) is 58.1 Å². The van der Waals surface area contributed by atoms with Gasteiger partial charge in [-0.2, -0.15) is 0 Å². The number of hydrogen-bond donors (Lipinski definition) is 0. The zero-order chi connectivity index (χ0) is 12.7. The van der Waals surface area contributed by atoms with E-state index in [1.807, 2.05) is 11.8 Å².